The minimum absolute atomic E-state index is 0.189. The van der Waals surface area contributed by atoms with Crippen molar-refractivity contribution in [2.75, 3.05) is 27.3 Å². The van der Waals surface area contributed by atoms with Gasteiger partial charge in [-0.2, -0.15) is 0 Å². The molecule has 114 valence electrons. The van der Waals surface area contributed by atoms with E-state index in [1.807, 2.05) is 18.2 Å². The molecule has 0 aliphatic heterocycles. The average molecular weight is 280 g/mol. The van der Waals surface area contributed by atoms with Crippen LogP contribution in [0.1, 0.15) is 39.3 Å². The highest BCUT2D eigenvalue weighted by Crippen LogP contribution is 2.39. The van der Waals surface area contributed by atoms with E-state index < -0.39 is 0 Å². The van der Waals surface area contributed by atoms with E-state index in [1.54, 1.807) is 14.2 Å². The van der Waals surface area contributed by atoms with Crippen LogP contribution in [0.3, 0.4) is 0 Å². The Morgan fingerprint density at radius 2 is 1.55 bits per heavy atom. The largest absolute Gasteiger partial charge is 0.496 e. The molecule has 0 fully saturated rings. The van der Waals surface area contributed by atoms with Crippen LogP contribution in [0.5, 0.6) is 11.5 Å². The maximum atomic E-state index is 6.58. The maximum absolute atomic E-state index is 6.58. The van der Waals surface area contributed by atoms with Crippen molar-refractivity contribution in [3.8, 4) is 11.5 Å². The van der Waals surface area contributed by atoms with Crippen LogP contribution >= 0.6 is 0 Å². The van der Waals surface area contributed by atoms with Crippen LogP contribution in [0.15, 0.2) is 18.2 Å². The molecule has 1 rings (SSSR count). The molecular formula is C16H28N2O2. The van der Waals surface area contributed by atoms with Crippen molar-refractivity contribution in [1.82, 2.24) is 4.90 Å². The lowest BCUT2D eigenvalue weighted by molar-refractivity contribution is 0.104. The number of benzene rings is 1. The minimum Gasteiger partial charge on any atom is -0.496 e. The molecular weight excluding hydrogens is 252 g/mol. The molecule has 1 unspecified atom stereocenters. The van der Waals surface area contributed by atoms with Crippen LogP contribution in [-0.4, -0.2) is 37.7 Å². The minimum atomic E-state index is -0.200. The molecule has 0 aromatic heterocycles. The van der Waals surface area contributed by atoms with Crippen molar-refractivity contribution in [1.29, 1.82) is 0 Å². The van der Waals surface area contributed by atoms with E-state index in [9.17, 15) is 0 Å². The molecule has 0 bridgehead atoms. The third-order valence-corrected chi connectivity index (χ3v) is 4.12. The second kappa shape index (κ2) is 6.95. The van der Waals surface area contributed by atoms with E-state index in [0.717, 1.165) is 30.2 Å². The predicted octanol–water partition coefficient (Wildman–Crippen LogP) is 2.82. The molecule has 1 aromatic carbocycles. The molecule has 20 heavy (non-hydrogen) atoms. The third-order valence-electron chi connectivity index (χ3n) is 4.12. The fourth-order valence-corrected chi connectivity index (χ4v) is 2.77. The van der Waals surface area contributed by atoms with Crippen molar-refractivity contribution in [2.45, 2.75) is 39.3 Å². The summed E-state index contributed by atoms with van der Waals surface area (Å²) in [7, 11) is 3.32. The second-order valence-corrected chi connectivity index (χ2v) is 5.38. The quantitative estimate of drug-likeness (QED) is 0.834. The molecule has 4 heteroatoms. The number of nitrogens with zero attached hydrogens (tertiary/aromatic N) is 1. The molecule has 2 N–H and O–H groups in total. The summed E-state index contributed by atoms with van der Waals surface area (Å²) in [6, 6.07) is 5.57. The van der Waals surface area contributed by atoms with Gasteiger partial charge in [0.15, 0.2) is 0 Å². The number of hydrogen-bond acceptors (Lipinski definition) is 4. The maximum Gasteiger partial charge on any atom is 0.127 e. The van der Waals surface area contributed by atoms with Gasteiger partial charge in [-0.15, -0.1) is 0 Å². The van der Waals surface area contributed by atoms with Crippen molar-refractivity contribution in [2.24, 2.45) is 5.73 Å². The lowest BCUT2D eigenvalue weighted by atomic mass is 9.86. The molecule has 0 aliphatic carbocycles. The molecule has 0 saturated carbocycles. The number of likely N-dealkylation sites (N-methyl/N-ethyl adjacent to an activating group) is 1. The number of methoxy groups -OCH3 is 2. The van der Waals surface area contributed by atoms with Crippen molar-refractivity contribution in [3.05, 3.63) is 23.8 Å². The lowest BCUT2D eigenvalue weighted by Gasteiger charge is -2.42. The topological polar surface area (TPSA) is 47.7 Å². The predicted molar refractivity (Wildman–Crippen MR) is 83.5 cm³/mol. The Hall–Kier alpha value is -1.26. The molecule has 0 heterocycles. The van der Waals surface area contributed by atoms with Gasteiger partial charge in [0.25, 0.3) is 0 Å². The van der Waals surface area contributed by atoms with Gasteiger partial charge in [-0.1, -0.05) is 19.9 Å². The Balaban J connectivity index is 3.29. The van der Waals surface area contributed by atoms with Crippen molar-refractivity contribution in [3.63, 3.8) is 0 Å². The Labute approximate surface area is 122 Å². The average Bonchev–Trinajstić information content (AvgIpc) is 2.46. The molecule has 1 aromatic rings. The van der Waals surface area contributed by atoms with E-state index in [2.05, 4.69) is 32.6 Å². The molecule has 0 saturated heterocycles. The summed E-state index contributed by atoms with van der Waals surface area (Å²) in [5, 5.41) is 0. The molecule has 0 spiro atoms. The highest BCUT2D eigenvalue weighted by Gasteiger charge is 2.35. The van der Waals surface area contributed by atoms with Gasteiger partial charge in [0.1, 0.15) is 11.5 Å². The third kappa shape index (κ3) is 3.07. The number of rotatable bonds is 7. The first-order valence-corrected chi connectivity index (χ1v) is 7.15. The van der Waals surface area contributed by atoms with Gasteiger partial charge in [0, 0.05) is 5.54 Å². The smallest absolute Gasteiger partial charge is 0.127 e. The lowest BCUT2D eigenvalue weighted by Crippen LogP contribution is -2.51. The summed E-state index contributed by atoms with van der Waals surface area (Å²) in [5.74, 6) is 1.55. The fourth-order valence-electron chi connectivity index (χ4n) is 2.77. The van der Waals surface area contributed by atoms with Crippen LogP contribution in [0, 0.1) is 0 Å². The van der Waals surface area contributed by atoms with E-state index in [1.165, 1.54) is 0 Å². The summed E-state index contributed by atoms with van der Waals surface area (Å²) in [5.41, 5.74) is 7.31. The molecule has 1 atom stereocenters. The summed E-state index contributed by atoms with van der Waals surface area (Å²) < 4.78 is 10.9. The monoisotopic (exact) mass is 280 g/mol. The SMILES string of the molecule is CCN(CC)C(C)(C)C(N)c1c(OC)cccc1OC. The molecule has 0 aliphatic rings. The number of ether oxygens (including phenoxy) is 2. The van der Waals surface area contributed by atoms with E-state index in [4.69, 9.17) is 15.2 Å². The van der Waals surface area contributed by atoms with Crippen LogP contribution in [0.2, 0.25) is 0 Å². The van der Waals surface area contributed by atoms with E-state index >= 15 is 0 Å². The normalized spacial score (nSPS) is 13.4. The zero-order chi connectivity index (χ0) is 15.3. The van der Waals surface area contributed by atoms with Crippen LogP contribution < -0.4 is 15.2 Å². The van der Waals surface area contributed by atoms with Crippen LogP contribution in [0.4, 0.5) is 0 Å². The first-order chi connectivity index (χ1) is 9.43. The van der Waals surface area contributed by atoms with E-state index in [-0.39, 0.29) is 11.6 Å². The summed E-state index contributed by atoms with van der Waals surface area (Å²) in [6.07, 6.45) is 0. The first-order valence-electron chi connectivity index (χ1n) is 7.15. The number of nitrogens with two attached hydrogens (primary N) is 1. The van der Waals surface area contributed by atoms with E-state index in [0.29, 0.717) is 0 Å². The molecule has 4 nitrogen and oxygen atoms in total. The zero-order valence-corrected chi connectivity index (χ0v) is 13.6. The Bertz CT molecular complexity index is 406. The van der Waals surface area contributed by atoms with Gasteiger partial charge in [0.2, 0.25) is 0 Å². The standard InChI is InChI=1S/C16H28N2O2/c1-7-18(8-2)16(3,4)15(17)14-12(19-5)10-9-11-13(14)20-6/h9-11,15H,7-8,17H2,1-6H3. The van der Waals surface area contributed by atoms with Gasteiger partial charge in [0.05, 0.1) is 25.8 Å². The van der Waals surface area contributed by atoms with Crippen molar-refractivity contribution >= 4 is 0 Å². The summed E-state index contributed by atoms with van der Waals surface area (Å²) in [4.78, 5) is 2.35. The Kier molecular flexibility index (Phi) is 5.84. The Morgan fingerprint density at radius 3 is 1.90 bits per heavy atom. The molecule has 0 amide bonds. The molecule has 0 radical (unpaired) electrons. The van der Waals surface area contributed by atoms with Gasteiger partial charge >= 0.3 is 0 Å². The van der Waals surface area contributed by atoms with Crippen molar-refractivity contribution < 1.29 is 9.47 Å². The summed E-state index contributed by atoms with van der Waals surface area (Å²) in [6.45, 7) is 10.5. The first kappa shape index (κ1) is 16.8. The van der Waals surface area contributed by atoms with Gasteiger partial charge in [-0.25, -0.2) is 0 Å². The summed E-state index contributed by atoms with van der Waals surface area (Å²) >= 11 is 0. The Morgan fingerprint density at radius 1 is 1.10 bits per heavy atom. The highest BCUT2D eigenvalue weighted by atomic mass is 16.5. The van der Waals surface area contributed by atoms with Gasteiger partial charge in [-0.3, -0.25) is 4.90 Å². The fraction of sp³-hybridized carbons (Fsp3) is 0.625. The van der Waals surface area contributed by atoms with Crippen LogP contribution in [-0.2, 0) is 0 Å². The van der Waals surface area contributed by atoms with Gasteiger partial charge < -0.3 is 15.2 Å². The zero-order valence-electron chi connectivity index (χ0n) is 13.6. The second-order valence-electron chi connectivity index (χ2n) is 5.38. The van der Waals surface area contributed by atoms with Gasteiger partial charge in [-0.05, 0) is 39.1 Å². The highest BCUT2D eigenvalue weighted by molar-refractivity contribution is 5.48. The number of hydrogen-bond donors (Lipinski definition) is 1. The van der Waals surface area contributed by atoms with Crippen LogP contribution in [0.25, 0.3) is 0 Å².